The zero-order chi connectivity index (χ0) is 18.0. The minimum atomic E-state index is 0.268. The molecular weight excluding hydrogens is 316 g/mol. The van der Waals surface area contributed by atoms with Gasteiger partial charge in [0.15, 0.2) is 0 Å². The van der Waals surface area contributed by atoms with E-state index in [0.29, 0.717) is 24.4 Å². The average molecular weight is 342 g/mol. The molecule has 0 aliphatic carbocycles. The second kappa shape index (κ2) is 7.18. The number of anilines is 3. The van der Waals surface area contributed by atoms with Gasteiger partial charge in [0, 0.05) is 45.5 Å². The van der Waals surface area contributed by atoms with Gasteiger partial charge in [-0.3, -0.25) is 4.90 Å². The molecule has 0 bridgehead atoms. The van der Waals surface area contributed by atoms with Crippen molar-refractivity contribution >= 4 is 17.7 Å². The van der Waals surface area contributed by atoms with Crippen LogP contribution in [-0.4, -0.2) is 64.6 Å². The van der Waals surface area contributed by atoms with Crippen LogP contribution in [0.5, 0.6) is 0 Å². The summed E-state index contributed by atoms with van der Waals surface area (Å²) in [4.78, 5) is 24.1. The molecule has 1 atom stereocenters. The van der Waals surface area contributed by atoms with Gasteiger partial charge in [-0.2, -0.15) is 15.0 Å². The lowest BCUT2D eigenvalue weighted by molar-refractivity contribution is 0.176. The number of hydrogen-bond acceptors (Lipinski definition) is 8. The maximum absolute atomic E-state index is 5.83. The van der Waals surface area contributed by atoms with E-state index in [2.05, 4.69) is 48.8 Å². The number of aryl methyl sites for hydroxylation is 1. The highest BCUT2D eigenvalue weighted by Gasteiger charge is 2.25. The third kappa shape index (κ3) is 4.14. The molecule has 1 fully saturated rings. The van der Waals surface area contributed by atoms with E-state index >= 15 is 0 Å². The van der Waals surface area contributed by atoms with E-state index in [0.717, 1.165) is 31.1 Å². The molecule has 0 saturated carbocycles. The fourth-order valence-corrected chi connectivity index (χ4v) is 3.02. The molecule has 1 aliphatic heterocycles. The summed E-state index contributed by atoms with van der Waals surface area (Å²) in [7, 11) is 3.80. The fourth-order valence-electron chi connectivity index (χ4n) is 3.02. The molecule has 1 aliphatic rings. The Morgan fingerprint density at radius 1 is 1.16 bits per heavy atom. The van der Waals surface area contributed by atoms with E-state index < -0.39 is 0 Å². The zero-order valence-electron chi connectivity index (χ0n) is 15.3. The van der Waals surface area contributed by atoms with Gasteiger partial charge in [-0.25, -0.2) is 4.98 Å². The second-order valence-corrected chi connectivity index (χ2v) is 6.71. The SMILES string of the molecule is Cc1cccc(N2CCN(Cc3nc(N)nc(N(C)C)n3)C(C)C2)n1. The summed E-state index contributed by atoms with van der Waals surface area (Å²) in [5.41, 5.74) is 6.87. The van der Waals surface area contributed by atoms with E-state index in [1.165, 1.54) is 0 Å². The Bertz CT molecular complexity index is 732. The Labute approximate surface area is 148 Å². The molecule has 2 aromatic rings. The molecule has 2 N–H and O–H groups in total. The largest absolute Gasteiger partial charge is 0.368 e. The first-order valence-corrected chi connectivity index (χ1v) is 8.53. The predicted molar refractivity (Wildman–Crippen MR) is 99.6 cm³/mol. The summed E-state index contributed by atoms with van der Waals surface area (Å²) < 4.78 is 0. The van der Waals surface area contributed by atoms with Gasteiger partial charge in [-0.15, -0.1) is 0 Å². The van der Waals surface area contributed by atoms with Crippen LogP contribution in [0, 0.1) is 6.92 Å². The highest BCUT2D eigenvalue weighted by molar-refractivity contribution is 5.40. The molecule has 134 valence electrons. The van der Waals surface area contributed by atoms with Crippen LogP contribution in [0.2, 0.25) is 0 Å². The van der Waals surface area contributed by atoms with Crippen LogP contribution in [0.4, 0.5) is 17.7 Å². The molecule has 8 heteroatoms. The van der Waals surface area contributed by atoms with Crippen molar-refractivity contribution in [2.24, 2.45) is 0 Å². The maximum Gasteiger partial charge on any atom is 0.229 e. The number of nitrogen functional groups attached to an aromatic ring is 1. The summed E-state index contributed by atoms with van der Waals surface area (Å²) >= 11 is 0. The standard InChI is InChI=1S/C17H26N8/c1-12-6-5-7-15(19-12)25-9-8-24(13(2)10-25)11-14-20-16(18)22-17(21-14)23(3)4/h5-7,13H,8-11H2,1-4H3,(H2,18,20,21,22). The quantitative estimate of drug-likeness (QED) is 0.878. The van der Waals surface area contributed by atoms with Crippen molar-refractivity contribution in [3.63, 3.8) is 0 Å². The third-order valence-electron chi connectivity index (χ3n) is 4.39. The minimum absolute atomic E-state index is 0.268. The molecule has 0 amide bonds. The number of aromatic nitrogens is 4. The van der Waals surface area contributed by atoms with Crippen molar-refractivity contribution in [3.05, 3.63) is 29.7 Å². The van der Waals surface area contributed by atoms with Gasteiger partial charge in [0.25, 0.3) is 0 Å². The van der Waals surface area contributed by atoms with Crippen molar-refractivity contribution in [1.29, 1.82) is 0 Å². The molecule has 0 aromatic carbocycles. The Hall–Kier alpha value is -2.48. The minimum Gasteiger partial charge on any atom is -0.368 e. The van der Waals surface area contributed by atoms with Gasteiger partial charge in [-0.05, 0) is 26.0 Å². The van der Waals surface area contributed by atoms with Crippen LogP contribution in [0.3, 0.4) is 0 Å². The topological polar surface area (TPSA) is 87.3 Å². The van der Waals surface area contributed by atoms with Crippen LogP contribution in [-0.2, 0) is 6.54 Å². The van der Waals surface area contributed by atoms with Crippen molar-refractivity contribution in [1.82, 2.24) is 24.8 Å². The smallest absolute Gasteiger partial charge is 0.229 e. The van der Waals surface area contributed by atoms with E-state index in [-0.39, 0.29) is 5.95 Å². The van der Waals surface area contributed by atoms with E-state index in [9.17, 15) is 0 Å². The van der Waals surface area contributed by atoms with Crippen LogP contribution >= 0.6 is 0 Å². The Morgan fingerprint density at radius 3 is 2.64 bits per heavy atom. The number of nitrogens with zero attached hydrogens (tertiary/aromatic N) is 7. The summed E-state index contributed by atoms with van der Waals surface area (Å²) in [6, 6.07) is 6.53. The monoisotopic (exact) mass is 342 g/mol. The maximum atomic E-state index is 5.83. The molecule has 3 rings (SSSR count). The van der Waals surface area contributed by atoms with Crippen LogP contribution in [0.1, 0.15) is 18.4 Å². The summed E-state index contributed by atoms with van der Waals surface area (Å²) in [6.07, 6.45) is 0. The zero-order valence-corrected chi connectivity index (χ0v) is 15.3. The Balaban J connectivity index is 1.68. The highest BCUT2D eigenvalue weighted by Crippen LogP contribution is 2.19. The highest BCUT2D eigenvalue weighted by atomic mass is 15.3. The lowest BCUT2D eigenvalue weighted by Crippen LogP contribution is -2.51. The van der Waals surface area contributed by atoms with Gasteiger partial charge >= 0.3 is 0 Å². The van der Waals surface area contributed by atoms with Crippen LogP contribution < -0.4 is 15.5 Å². The van der Waals surface area contributed by atoms with Gasteiger partial charge in [0.1, 0.15) is 11.6 Å². The summed E-state index contributed by atoms with van der Waals surface area (Å²) in [5, 5.41) is 0. The number of pyridine rings is 1. The molecule has 0 radical (unpaired) electrons. The van der Waals surface area contributed by atoms with Crippen molar-refractivity contribution in [3.8, 4) is 0 Å². The first-order valence-electron chi connectivity index (χ1n) is 8.53. The van der Waals surface area contributed by atoms with E-state index in [4.69, 9.17) is 5.73 Å². The lowest BCUT2D eigenvalue weighted by atomic mass is 10.2. The molecular formula is C17H26N8. The number of hydrogen-bond donors (Lipinski definition) is 1. The molecule has 1 unspecified atom stereocenters. The van der Waals surface area contributed by atoms with Gasteiger partial charge in [0.05, 0.1) is 6.54 Å². The molecule has 25 heavy (non-hydrogen) atoms. The first kappa shape index (κ1) is 17.3. The number of nitrogens with two attached hydrogens (primary N) is 1. The van der Waals surface area contributed by atoms with Crippen molar-refractivity contribution < 1.29 is 0 Å². The average Bonchev–Trinajstić information content (AvgIpc) is 2.56. The normalized spacial score (nSPS) is 18.4. The molecule has 8 nitrogen and oxygen atoms in total. The van der Waals surface area contributed by atoms with E-state index in [1.807, 2.05) is 32.0 Å². The van der Waals surface area contributed by atoms with Crippen LogP contribution in [0.25, 0.3) is 0 Å². The van der Waals surface area contributed by atoms with Crippen LogP contribution in [0.15, 0.2) is 18.2 Å². The van der Waals surface area contributed by atoms with E-state index in [1.54, 1.807) is 0 Å². The second-order valence-electron chi connectivity index (χ2n) is 6.71. The molecule has 1 saturated heterocycles. The summed E-state index contributed by atoms with van der Waals surface area (Å²) in [5.74, 6) is 2.62. The molecule has 2 aromatic heterocycles. The van der Waals surface area contributed by atoms with Crippen molar-refractivity contribution in [2.45, 2.75) is 26.4 Å². The fraction of sp³-hybridized carbons (Fsp3) is 0.529. The number of piperazine rings is 1. The van der Waals surface area contributed by atoms with Gasteiger partial charge in [0.2, 0.25) is 11.9 Å². The first-order chi connectivity index (χ1) is 11.9. The summed E-state index contributed by atoms with van der Waals surface area (Å²) in [6.45, 7) is 7.71. The Kier molecular flexibility index (Phi) is 4.98. The van der Waals surface area contributed by atoms with Gasteiger partial charge < -0.3 is 15.5 Å². The van der Waals surface area contributed by atoms with Gasteiger partial charge in [-0.1, -0.05) is 6.07 Å². The third-order valence-corrected chi connectivity index (χ3v) is 4.39. The van der Waals surface area contributed by atoms with Crippen molar-refractivity contribution in [2.75, 3.05) is 49.3 Å². The predicted octanol–water partition coefficient (Wildman–Crippen LogP) is 0.934. The molecule has 3 heterocycles. The molecule has 0 spiro atoms. The lowest BCUT2D eigenvalue weighted by Gasteiger charge is -2.40. The Morgan fingerprint density at radius 2 is 1.96 bits per heavy atom. The number of rotatable bonds is 4.